The molecule has 1 aromatic heterocycles. The molecule has 0 aliphatic heterocycles. The largest absolute Gasteiger partial charge is 0.497 e. The zero-order valence-electron chi connectivity index (χ0n) is 21.3. The Hall–Kier alpha value is -4.46. The van der Waals surface area contributed by atoms with Gasteiger partial charge in [-0.25, -0.2) is 0 Å². The van der Waals surface area contributed by atoms with Crippen molar-refractivity contribution >= 4 is 16.9 Å². The Kier molecular flexibility index (Phi) is 7.67. The van der Waals surface area contributed by atoms with Gasteiger partial charge < -0.3 is 28.1 Å². The molecule has 8 nitrogen and oxygen atoms in total. The molecule has 0 saturated carbocycles. The van der Waals surface area contributed by atoms with Crippen LogP contribution in [0.2, 0.25) is 0 Å². The average Bonchev–Trinajstić information content (AvgIpc) is 2.95. The Morgan fingerprint density at radius 3 is 2.11 bits per heavy atom. The van der Waals surface area contributed by atoms with Crippen molar-refractivity contribution in [2.45, 2.75) is 12.3 Å². The van der Waals surface area contributed by atoms with E-state index >= 15 is 0 Å². The predicted molar refractivity (Wildman–Crippen MR) is 139 cm³/mol. The Bertz CT molecular complexity index is 1470. The highest BCUT2D eigenvalue weighted by Gasteiger charge is 2.29. The molecule has 0 saturated heterocycles. The molecule has 0 unspecified atom stereocenters. The lowest BCUT2D eigenvalue weighted by molar-refractivity contribution is -0.140. The Balaban J connectivity index is 1.97. The molecule has 37 heavy (non-hydrogen) atoms. The number of fused-ring (bicyclic) bond motifs is 1. The zero-order valence-corrected chi connectivity index (χ0v) is 21.3. The first-order chi connectivity index (χ1) is 17.9. The second kappa shape index (κ2) is 11.1. The molecule has 1 atom stereocenters. The van der Waals surface area contributed by atoms with Crippen LogP contribution in [-0.4, -0.2) is 41.5 Å². The molecule has 0 bridgehead atoms. The molecular weight excluding hydrogens is 476 g/mol. The normalized spacial score (nSPS) is 11.6. The van der Waals surface area contributed by atoms with Gasteiger partial charge in [0.05, 0.1) is 52.9 Å². The van der Waals surface area contributed by atoms with E-state index in [1.807, 2.05) is 6.07 Å². The number of hydrogen-bond acceptors (Lipinski definition) is 8. The van der Waals surface area contributed by atoms with Crippen LogP contribution in [0, 0.1) is 0 Å². The second-order valence-corrected chi connectivity index (χ2v) is 8.21. The summed E-state index contributed by atoms with van der Waals surface area (Å²) < 4.78 is 33.0. The molecule has 0 spiro atoms. The highest BCUT2D eigenvalue weighted by Crippen LogP contribution is 2.43. The molecule has 4 rings (SSSR count). The third kappa shape index (κ3) is 4.95. The fourth-order valence-corrected chi connectivity index (χ4v) is 4.41. The smallest absolute Gasteiger partial charge is 0.306 e. The van der Waals surface area contributed by atoms with Crippen LogP contribution >= 0.6 is 0 Å². The first-order valence-electron chi connectivity index (χ1n) is 11.5. The molecule has 0 aliphatic rings. The Morgan fingerprint density at radius 1 is 0.811 bits per heavy atom. The van der Waals surface area contributed by atoms with Crippen LogP contribution in [0.5, 0.6) is 23.0 Å². The van der Waals surface area contributed by atoms with Gasteiger partial charge in [0.1, 0.15) is 34.8 Å². The summed E-state index contributed by atoms with van der Waals surface area (Å²) in [6, 6.07) is 15.8. The standard InChI is InChI=1S/C29H28O8/c1-32-18-8-6-17(7-9-18)23-16-37-29-21(28(23)31)12-13-24(34-3)27(29)22(15-26(30)36-5)20-11-10-19(33-2)14-25(20)35-4/h6-14,16,22H,15H2,1-5H3/t22-/m1/s1. The van der Waals surface area contributed by atoms with E-state index in [1.165, 1.54) is 27.6 Å². The second-order valence-electron chi connectivity index (χ2n) is 8.21. The van der Waals surface area contributed by atoms with Crippen LogP contribution in [0.25, 0.3) is 22.1 Å². The van der Waals surface area contributed by atoms with Crippen LogP contribution in [0.4, 0.5) is 0 Å². The van der Waals surface area contributed by atoms with Crippen molar-refractivity contribution < 1.29 is 32.9 Å². The summed E-state index contributed by atoms with van der Waals surface area (Å²) in [5.74, 6) is 1.18. The molecule has 0 N–H and O–H groups in total. The van der Waals surface area contributed by atoms with Gasteiger partial charge in [-0.2, -0.15) is 0 Å². The minimum Gasteiger partial charge on any atom is -0.497 e. The first kappa shape index (κ1) is 25.6. The quantitative estimate of drug-likeness (QED) is 0.288. The average molecular weight is 505 g/mol. The maximum absolute atomic E-state index is 13.6. The lowest BCUT2D eigenvalue weighted by atomic mass is 9.85. The number of benzene rings is 3. The SMILES string of the molecule is COC(=O)C[C@H](c1ccc(OC)cc1OC)c1c(OC)ccc2c(=O)c(-c3ccc(OC)cc3)coc12. The highest BCUT2D eigenvalue weighted by atomic mass is 16.5. The topological polar surface area (TPSA) is 93.4 Å². The molecule has 0 amide bonds. The van der Waals surface area contributed by atoms with Gasteiger partial charge in [0.25, 0.3) is 0 Å². The lowest BCUT2D eigenvalue weighted by Gasteiger charge is -2.23. The van der Waals surface area contributed by atoms with Gasteiger partial charge in [-0.3, -0.25) is 9.59 Å². The van der Waals surface area contributed by atoms with E-state index in [9.17, 15) is 9.59 Å². The molecule has 1 heterocycles. The van der Waals surface area contributed by atoms with Crippen molar-refractivity contribution in [1.82, 2.24) is 0 Å². The third-order valence-electron chi connectivity index (χ3n) is 6.32. The van der Waals surface area contributed by atoms with E-state index < -0.39 is 11.9 Å². The molecule has 0 aliphatic carbocycles. The van der Waals surface area contributed by atoms with Crippen LogP contribution in [0.15, 0.2) is 70.1 Å². The molecular formula is C29H28O8. The number of methoxy groups -OCH3 is 5. The number of carbonyl (C=O) groups excluding carboxylic acids is 1. The summed E-state index contributed by atoms with van der Waals surface area (Å²) in [7, 11) is 7.52. The minimum atomic E-state index is -0.609. The van der Waals surface area contributed by atoms with Gasteiger partial charge in [0, 0.05) is 23.1 Å². The summed E-state index contributed by atoms with van der Waals surface area (Å²) in [6.45, 7) is 0. The molecule has 0 radical (unpaired) electrons. The van der Waals surface area contributed by atoms with Gasteiger partial charge in [-0.15, -0.1) is 0 Å². The Labute approximate surface area is 214 Å². The van der Waals surface area contributed by atoms with Crippen molar-refractivity contribution in [3.63, 3.8) is 0 Å². The predicted octanol–water partition coefficient (Wildman–Crippen LogP) is 5.19. The molecule has 192 valence electrons. The fraction of sp³-hybridized carbons (Fsp3) is 0.241. The van der Waals surface area contributed by atoms with E-state index in [0.29, 0.717) is 56.2 Å². The van der Waals surface area contributed by atoms with Crippen LogP contribution in [0.1, 0.15) is 23.5 Å². The monoisotopic (exact) mass is 504 g/mol. The summed E-state index contributed by atoms with van der Waals surface area (Å²) in [5, 5.41) is 0.353. The first-order valence-corrected chi connectivity index (χ1v) is 11.5. The summed E-state index contributed by atoms with van der Waals surface area (Å²) >= 11 is 0. The molecule has 3 aromatic carbocycles. The van der Waals surface area contributed by atoms with Crippen LogP contribution in [0.3, 0.4) is 0 Å². The minimum absolute atomic E-state index is 0.0431. The van der Waals surface area contributed by atoms with Crippen molar-refractivity contribution in [2.24, 2.45) is 0 Å². The van der Waals surface area contributed by atoms with Gasteiger partial charge in [-0.1, -0.05) is 18.2 Å². The van der Waals surface area contributed by atoms with E-state index in [1.54, 1.807) is 62.8 Å². The molecule has 0 fully saturated rings. The van der Waals surface area contributed by atoms with Gasteiger partial charge in [0.2, 0.25) is 5.43 Å². The van der Waals surface area contributed by atoms with E-state index in [4.69, 9.17) is 28.1 Å². The van der Waals surface area contributed by atoms with E-state index in [-0.39, 0.29) is 11.8 Å². The van der Waals surface area contributed by atoms with Crippen LogP contribution < -0.4 is 24.4 Å². The number of carbonyl (C=O) groups is 1. The molecule has 8 heteroatoms. The van der Waals surface area contributed by atoms with Crippen molar-refractivity contribution in [2.75, 3.05) is 35.5 Å². The number of rotatable bonds is 9. The third-order valence-corrected chi connectivity index (χ3v) is 6.32. The lowest BCUT2D eigenvalue weighted by Crippen LogP contribution is -2.14. The van der Waals surface area contributed by atoms with Gasteiger partial charge in [-0.05, 0) is 35.9 Å². The van der Waals surface area contributed by atoms with Crippen molar-refractivity contribution in [3.05, 3.63) is 82.2 Å². The summed E-state index contributed by atoms with van der Waals surface area (Å²) in [5.41, 5.74) is 2.41. The highest BCUT2D eigenvalue weighted by molar-refractivity contribution is 5.87. The fourth-order valence-electron chi connectivity index (χ4n) is 4.41. The van der Waals surface area contributed by atoms with Gasteiger partial charge in [0.15, 0.2) is 0 Å². The van der Waals surface area contributed by atoms with Crippen LogP contribution in [-0.2, 0) is 9.53 Å². The van der Waals surface area contributed by atoms with Gasteiger partial charge >= 0.3 is 5.97 Å². The molecule has 4 aromatic rings. The summed E-state index contributed by atoms with van der Waals surface area (Å²) in [4.78, 5) is 26.2. The van der Waals surface area contributed by atoms with Crippen molar-refractivity contribution in [1.29, 1.82) is 0 Å². The van der Waals surface area contributed by atoms with E-state index in [2.05, 4.69) is 0 Å². The zero-order chi connectivity index (χ0) is 26.5. The van der Waals surface area contributed by atoms with Crippen molar-refractivity contribution in [3.8, 4) is 34.1 Å². The number of esters is 1. The Morgan fingerprint density at radius 2 is 1.49 bits per heavy atom. The number of ether oxygens (including phenoxy) is 5. The van der Waals surface area contributed by atoms with E-state index in [0.717, 1.165) is 0 Å². The maximum atomic E-state index is 13.6. The summed E-state index contributed by atoms with van der Waals surface area (Å²) in [6.07, 6.45) is 1.38. The number of hydrogen-bond donors (Lipinski definition) is 0. The maximum Gasteiger partial charge on any atom is 0.306 e.